The lowest BCUT2D eigenvalue weighted by atomic mass is 9.99. The maximum atomic E-state index is 12.9. The van der Waals surface area contributed by atoms with Gasteiger partial charge in [-0.15, -0.1) is 0 Å². The van der Waals surface area contributed by atoms with Crippen molar-refractivity contribution in [3.05, 3.63) is 150 Å². The molecule has 2 aromatic heterocycles. The summed E-state index contributed by atoms with van der Waals surface area (Å²) in [6, 6.07) is 33.4. The van der Waals surface area contributed by atoms with E-state index < -0.39 is 6.29 Å². The largest absolute Gasteiger partial charge is 0.392 e. The Bertz CT molecular complexity index is 2010. The van der Waals surface area contributed by atoms with E-state index in [2.05, 4.69) is 43.5 Å². The lowest BCUT2D eigenvalue weighted by Gasteiger charge is -2.36. The van der Waals surface area contributed by atoms with Crippen LogP contribution >= 0.6 is 11.8 Å². The van der Waals surface area contributed by atoms with E-state index >= 15 is 0 Å². The molecule has 0 saturated carbocycles. The van der Waals surface area contributed by atoms with E-state index in [4.69, 9.17) is 9.47 Å². The van der Waals surface area contributed by atoms with Gasteiger partial charge in [0.25, 0.3) is 5.91 Å². The Morgan fingerprint density at radius 2 is 1.56 bits per heavy atom. The van der Waals surface area contributed by atoms with Crippen LogP contribution in [-0.4, -0.2) is 42.8 Å². The van der Waals surface area contributed by atoms with Crippen LogP contribution in [-0.2, 0) is 22.6 Å². The van der Waals surface area contributed by atoms with Gasteiger partial charge in [-0.1, -0.05) is 84.6 Å². The van der Waals surface area contributed by atoms with Crippen molar-refractivity contribution in [3.63, 3.8) is 0 Å². The standard InChI is InChI=1S/C38H33N5O4S/c44-23-25-12-14-27(15-13-25)35-20-31(24-48-38-39-16-5-17-40-38)46-37(47-35)30-9-4-8-29(19-30)28-7-3-6-26(18-28)21-42-36(45)34-22-41-32-10-1-2-11-33(32)43-34/h1-19,22,31,35,37,44H,20-21,23-24H2,(H,42,45). The van der Waals surface area contributed by atoms with Crippen molar-refractivity contribution in [1.82, 2.24) is 25.3 Å². The number of carbonyl (C=O) groups is 1. The molecule has 1 fully saturated rings. The van der Waals surface area contributed by atoms with Crippen molar-refractivity contribution in [1.29, 1.82) is 0 Å². The van der Waals surface area contributed by atoms with Gasteiger partial charge in [-0.2, -0.15) is 0 Å². The fraction of sp³-hybridized carbons (Fsp3) is 0.184. The molecule has 9 nitrogen and oxygen atoms in total. The lowest BCUT2D eigenvalue weighted by molar-refractivity contribution is -0.245. The number of hydrogen-bond acceptors (Lipinski definition) is 9. The summed E-state index contributed by atoms with van der Waals surface area (Å²) in [5.74, 6) is 0.396. The van der Waals surface area contributed by atoms with Gasteiger partial charge in [0.1, 0.15) is 5.69 Å². The first kappa shape index (κ1) is 31.6. The van der Waals surface area contributed by atoms with E-state index in [0.29, 0.717) is 29.4 Å². The zero-order valence-electron chi connectivity index (χ0n) is 26.0. The van der Waals surface area contributed by atoms with Gasteiger partial charge in [-0.3, -0.25) is 9.78 Å². The van der Waals surface area contributed by atoms with Gasteiger partial charge in [0, 0.05) is 36.7 Å². The minimum absolute atomic E-state index is 0.00657. The van der Waals surface area contributed by atoms with Crippen LogP contribution in [0.15, 0.2) is 127 Å². The fourth-order valence-corrected chi connectivity index (χ4v) is 6.44. The molecule has 3 atom stereocenters. The highest BCUT2D eigenvalue weighted by molar-refractivity contribution is 7.99. The zero-order chi connectivity index (χ0) is 32.7. The number of benzene rings is 4. The summed E-state index contributed by atoms with van der Waals surface area (Å²) < 4.78 is 13.1. The first-order valence-electron chi connectivity index (χ1n) is 15.7. The van der Waals surface area contributed by atoms with Crippen molar-refractivity contribution in [2.24, 2.45) is 0 Å². The molecule has 10 heteroatoms. The Morgan fingerprint density at radius 3 is 2.38 bits per heavy atom. The number of nitrogens with zero attached hydrogens (tertiary/aromatic N) is 4. The Morgan fingerprint density at radius 1 is 0.792 bits per heavy atom. The molecule has 1 aliphatic rings. The first-order valence-corrected chi connectivity index (χ1v) is 16.7. The Balaban J connectivity index is 1.07. The lowest BCUT2D eigenvalue weighted by Crippen LogP contribution is -2.31. The summed E-state index contributed by atoms with van der Waals surface area (Å²) in [4.78, 5) is 30.4. The maximum absolute atomic E-state index is 12.9. The molecule has 240 valence electrons. The van der Waals surface area contributed by atoms with Crippen molar-refractivity contribution in [3.8, 4) is 11.1 Å². The molecule has 3 unspecified atom stereocenters. The minimum Gasteiger partial charge on any atom is -0.392 e. The number of ether oxygens (including phenoxy) is 2. The number of para-hydroxylation sites is 2. The number of hydrogen-bond donors (Lipinski definition) is 2. The summed E-state index contributed by atoms with van der Waals surface area (Å²) >= 11 is 1.56. The summed E-state index contributed by atoms with van der Waals surface area (Å²) in [6.07, 6.45) is 4.76. The van der Waals surface area contributed by atoms with Crippen molar-refractivity contribution in [2.45, 2.75) is 43.2 Å². The first-order chi connectivity index (χ1) is 23.6. The van der Waals surface area contributed by atoms with Gasteiger partial charge in [0.05, 0.1) is 36.0 Å². The number of amides is 1. The van der Waals surface area contributed by atoms with Gasteiger partial charge in [-0.05, 0) is 58.1 Å². The Hall–Kier alpha value is -5.00. The molecule has 1 aliphatic heterocycles. The molecule has 6 aromatic rings. The van der Waals surface area contributed by atoms with Crippen LogP contribution in [0.3, 0.4) is 0 Å². The molecular weight excluding hydrogens is 623 g/mol. The van der Waals surface area contributed by atoms with Crippen molar-refractivity contribution in [2.75, 3.05) is 5.75 Å². The quantitative estimate of drug-likeness (QED) is 0.121. The highest BCUT2D eigenvalue weighted by Gasteiger charge is 2.32. The predicted octanol–water partition coefficient (Wildman–Crippen LogP) is 6.85. The second-order valence-electron chi connectivity index (χ2n) is 11.4. The maximum Gasteiger partial charge on any atom is 0.271 e. The molecule has 0 spiro atoms. The highest BCUT2D eigenvalue weighted by atomic mass is 32.2. The number of fused-ring (bicyclic) bond motifs is 1. The molecule has 0 aliphatic carbocycles. The Labute approximate surface area is 282 Å². The van der Waals surface area contributed by atoms with Crippen LogP contribution in [0.2, 0.25) is 0 Å². The smallest absolute Gasteiger partial charge is 0.271 e. The molecule has 3 heterocycles. The SMILES string of the molecule is O=C(NCc1cccc(-c2cccc(C3OC(CSc4ncccn4)CC(c4ccc(CO)cc4)O3)c2)c1)c1cnc2ccccc2n1. The predicted molar refractivity (Wildman–Crippen MR) is 184 cm³/mol. The van der Waals surface area contributed by atoms with Gasteiger partial charge in [-0.25, -0.2) is 15.0 Å². The van der Waals surface area contributed by atoms with Crippen LogP contribution in [0, 0.1) is 0 Å². The molecular formula is C38H33N5O4S. The number of carbonyl (C=O) groups excluding carboxylic acids is 1. The zero-order valence-corrected chi connectivity index (χ0v) is 26.8. The number of aromatic nitrogens is 4. The summed E-state index contributed by atoms with van der Waals surface area (Å²) in [7, 11) is 0. The number of aliphatic hydroxyl groups is 1. The fourth-order valence-electron chi connectivity index (χ4n) is 5.62. The minimum atomic E-state index is -0.589. The van der Waals surface area contributed by atoms with E-state index in [1.165, 1.54) is 6.20 Å². The number of nitrogens with one attached hydrogen (secondary N) is 1. The Kier molecular flexibility index (Phi) is 9.76. The van der Waals surface area contributed by atoms with Crippen LogP contribution in [0.4, 0.5) is 0 Å². The second kappa shape index (κ2) is 14.8. The molecule has 0 radical (unpaired) electrons. The molecule has 7 rings (SSSR count). The summed E-state index contributed by atoms with van der Waals surface area (Å²) in [5, 5.41) is 13.2. The number of thioether (sulfide) groups is 1. The molecule has 2 N–H and O–H groups in total. The molecule has 1 saturated heterocycles. The van der Waals surface area contributed by atoms with Gasteiger partial charge in [0.2, 0.25) is 0 Å². The van der Waals surface area contributed by atoms with Crippen molar-refractivity contribution >= 4 is 28.7 Å². The van der Waals surface area contributed by atoms with E-state index in [1.54, 1.807) is 30.2 Å². The molecule has 0 bridgehead atoms. The van der Waals surface area contributed by atoms with Gasteiger partial charge < -0.3 is 19.9 Å². The average Bonchev–Trinajstić information content (AvgIpc) is 3.16. The normalized spacial score (nSPS) is 17.6. The van der Waals surface area contributed by atoms with Crippen LogP contribution in [0.1, 0.15) is 51.6 Å². The van der Waals surface area contributed by atoms with Crippen LogP contribution in [0.5, 0.6) is 0 Å². The third kappa shape index (κ3) is 7.58. The van der Waals surface area contributed by atoms with E-state index in [0.717, 1.165) is 38.9 Å². The van der Waals surface area contributed by atoms with Gasteiger partial charge >= 0.3 is 0 Å². The van der Waals surface area contributed by atoms with Crippen molar-refractivity contribution < 1.29 is 19.4 Å². The van der Waals surface area contributed by atoms with Crippen LogP contribution < -0.4 is 5.32 Å². The topological polar surface area (TPSA) is 119 Å². The molecule has 4 aromatic carbocycles. The summed E-state index contributed by atoms with van der Waals surface area (Å²) in [6.45, 7) is 0.338. The van der Waals surface area contributed by atoms with E-state index in [9.17, 15) is 9.90 Å². The average molecular weight is 656 g/mol. The number of rotatable bonds is 10. The van der Waals surface area contributed by atoms with Gasteiger partial charge in [0.15, 0.2) is 11.4 Å². The molecule has 48 heavy (non-hydrogen) atoms. The highest BCUT2D eigenvalue weighted by Crippen LogP contribution is 2.40. The molecule has 1 amide bonds. The third-order valence-corrected chi connectivity index (χ3v) is 9.12. The summed E-state index contributed by atoms with van der Waals surface area (Å²) in [5.41, 5.74) is 7.47. The van der Waals surface area contributed by atoms with Crippen LogP contribution in [0.25, 0.3) is 22.2 Å². The monoisotopic (exact) mass is 655 g/mol. The van der Waals surface area contributed by atoms with E-state index in [-0.39, 0.29) is 30.4 Å². The second-order valence-corrected chi connectivity index (χ2v) is 12.4. The third-order valence-electron chi connectivity index (χ3n) is 8.11. The van der Waals surface area contributed by atoms with E-state index in [1.807, 2.05) is 78.9 Å². The number of aliphatic hydroxyl groups excluding tert-OH is 1.